The molecule has 0 unspecified atom stereocenters. The standard InChI is InChI=1S/C32H29N3O9.C8H7NO5/c1-40-27-14-6-7-15-28(27)41-20-19-34(32(37)23-10-3-2-9-22(23)21-42-35(38)39)18-17-30(36)44-43-29-16-8-13-26-31(29)24-11-4-5-12-25(24)33-26;10-8(11)7-3-1-6(2-4-7)5-14-9(12)13/h2-16,33H,17-21H2,1H3;1-4H,5H2,(H,10,11). The molecule has 0 fully saturated rings. The highest BCUT2D eigenvalue weighted by Gasteiger charge is 2.22. The fraction of sp³-hybridized carbons (Fsp3) is 0.175. The molecule has 0 saturated carbocycles. The molecule has 2 N–H and O–H groups in total. The number of rotatable bonds is 18. The Bertz CT molecular complexity index is 2380. The monoisotopic (exact) mass is 796 g/mol. The SMILES string of the molecule is COc1ccccc1OCCN(CCC(=O)OOc1cccc2[nH]c3ccccc3c12)C(=O)c1ccccc1CO[N+](=O)[O-].O=C(O)c1ccc(CO[N+](=O)[O-])cc1. The van der Waals surface area contributed by atoms with Gasteiger partial charge in [-0.25, -0.2) is 9.59 Å². The van der Waals surface area contributed by atoms with Gasteiger partial charge in [0.15, 0.2) is 17.2 Å². The van der Waals surface area contributed by atoms with Crippen LogP contribution in [0.5, 0.6) is 17.2 Å². The summed E-state index contributed by atoms with van der Waals surface area (Å²) in [6.45, 7) is -0.460. The molecule has 5 aromatic carbocycles. The topological polar surface area (TPSA) is 232 Å². The number of ether oxygens (including phenoxy) is 2. The number of H-pyrrole nitrogens is 1. The Morgan fingerprint density at radius 2 is 1.36 bits per heavy atom. The largest absolute Gasteiger partial charge is 0.493 e. The maximum atomic E-state index is 13.6. The normalized spacial score (nSPS) is 10.4. The predicted molar refractivity (Wildman–Crippen MR) is 205 cm³/mol. The van der Waals surface area contributed by atoms with Crippen LogP contribution in [-0.2, 0) is 32.6 Å². The van der Waals surface area contributed by atoms with Crippen LogP contribution in [0.3, 0.4) is 0 Å². The summed E-state index contributed by atoms with van der Waals surface area (Å²) in [5.41, 5.74) is 2.94. The molecule has 0 aliphatic carbocycles. The molecule has 1 amide bonds. The number of nitrogens with zero attached hydrogens (tertiary/aromatic N) is 3. The lowest BCUT2D eigenvalue weighted by atomic mass is 10.1. The number of para-hydroxylation sites is 3. The van der Waals surface area contributed by atoms with Crippen LogP contribution < -0.4 is 14.4 Å². The van der Waals surface area contributed by atoms with Gasteiger partial charge in [-0.1, -0.05) is 66.7 Å². The van der Waals surface area contributed by atoms with Crippen LogP contribution >= 0.6 is 0 Å². The zero-order valence-corrected chi connectivity index (χ0v) is 30.8. The van der Waals surface area contributed by atoms with Gasteiger partial charge in [0.05, 0.1) is 36.5 Å². The van der Waals surface area contributed by atoms with E-state index in [0.29, 0.717) is 28.4 Å². The maximum Gasteiger partial charge on any atom is 0.357 e. The molecule has 0 aliphatic heterocycles. The minimum Gasteiger partial charge on any atom is -0.493 e. The molecule has 6 rings (SSSR count). The van der Waals surface area contributed by atoms with E-state index in [9.17, 15) is 34.6 Å². The van der Waals surface area contributed by atoms with E-state index in [4.69, 9.17) is 24.4 Å². The summed E-state index contributed by atoms with van der Waals surface area (Å²) >= 11 is 0. The van der Waals surface area contributed by atoms with Crippen molar-refractivity contribution in [1.29, 1.82) is 0 Å². The summed E-state index contributed by atoms with van der Waals surface area (Å²) in [5.74, 6) is -0.818. The summed E-state index contributed by atoms with van der Waals surface area (Å²) in [6.07, 6.45) is -0.197. The smallest absolute Gasteiger partial charge is 0.357 e. The number of carboxylic acids is 1. The van der Waals surface area contributed by atoms with Crippen LogP contribution in [0.15, 0.2) is 115 Å². The number of hydrogen-bond acceptors (Lipinski definition) is 13. The highest BCUT2D eigenvalue weighted by atomic mass is 17.2. The lowest BCUT2D eigenvalue weighted by molar-refractivity contribution is -0.763. The van der Waals surface area contributed by atoms with Crippen molar-refractivity contribution in [2.45, 2.75) is 19.6 Å². The second-order valence-electron chi connectivity index (χ2n) is 12.1. The molecular weight excluding hydrogens is 760 g/mol. The van der Waals surface area contributed by atoms with Crippen LogP contribution in [0.25, 0.3) is 21.8 Å². The van der Waals surface area contributed by atoms with E-state index in [2.05, 4.69) is 14.7 Å². The molecule has 0 atom stereocenters. The van der Waals surface area contributed by atoms with Crippen LogP contribution in [-0.4, -0.2) is 69.8 Å². The summed E-state index contributed by atoms with van der Waals surface area (Å²) < 4.78 is 11.2. The average Bonchev–Trinajstić information content (AvgIpc) is 3.62. The molecule has 0 bridgehead atoms. The number of aromatic amines is 1. The first-order valence-corrected chi connectivity index (χ1v) is 17.4. The average molecular weight is 797 g/mol. The van der Waals surface area contributed by atoms with Crippen molar-refractivity contribution in [2.75, 3.05) is 26.8 Å². The lowest BCUT2D eigenvalue weighted by Crippen LogP contribution is -2.37. The van der Waals surface area contributed by atoms with E-state index < -0.39 is 34.6 Å². The minimum atomic E-state index is -1.04. The number of benzene rings is 5. The molecular formula is C40H36N4O14. The Labute approximate surface area is 329 Å². The number of aromatic nitrogens is 1. The number of carbonyl (C=O) groups excluding carboxylic acids is 2. The lowest BCUT2D eigenvalue weighted by Gasteiger charge is -2.24. The molecule has 0 spiro atoms. The summed E-state index contributed by atoms with van der Waals surface area (Å²) in [4.78, 5) is 81.4. The highest BCUT2D eigenvalue weighted by Crippen LogP contribution is 2.33. The minimum absolute atomic E-state index is 0.0436. The number of aromatic carboxylic acids is 1. The van der Waals surface area contributed by atoms with E-state index >= 15 is 0 Å². The van der Waals surface area contributed by atoms with Gasteiger partial charge in [-0.05, 0) is 59.7 Å². The Morgan fingerprint density at radius 1 is 0.724 bits per heavy atom. The fourth-order valence-corrected chi connectivity index (χ4v) is 5.63. The van der Waals surface area contributed by atoms with Gasteiger partial charge in [-0.2, -0.15) is 0 Å². The van der Waals surface area contributed by atoms with Crippen molar-refractivity contribution in [2.24, 2.45) is 0 Å². The summed E-state index contributed by atoms with van der Waals surface area (Å²) in [5, 5.41) is 29.0. The second kappa shape index (κ2) is 20.1. The zero-order valence-electron chi connectivity index (χ0n) is 30.8. The number of carbonyl (C=O) groups is 3. The molecule has 0 aliphatic rings. The third kappa shape index (κ3) is 11.3. The number of amides is 1. The highest BCUT2D eigenvalue weighted by molar-refractivity contribution is 6.10. The molecule has 1 heterocycles. The van der Waals surface area contributed by atoms with E-state index in [1.165, 1.54) is 36.3 Å². The maximum absolute atomic E-state index is 13.6. The molecule has 0 saturated heterocycles. The first-order valence-electron chi connectivity index (χ1n) is 17.4. The van der Waals surface area contributed by atoms with Crippen LogP contribution in [0.1, 0.15) is 38.3 Å². The molecule has 58 heavy (non-hydrogen) atoms. The summed E-state index contributed by atoms with van der Waals surface area (Å²) in [6, 6.07) is 32.2. The first-order chi connectivity index (χ1) is 28.0. The molecule has 1 aromatic heterocycles. The molecule has 18 heteroatoms. The van der Waals surface area contributed by atoms with Crippen molar-refractivity contribution in [3.05, 3.63) is 158 Å². The third-order valence-electron chi connectivity index (χ3n) is 8.39. The predicted octanol–water partition coefficient (Wildman–Crippen LogP) is 6.58. The Balaban J connectivity index is 0.000000387. The van der Waals surface area contributed by atoms with Gasteiger partial charge in [0.2, 0.25) is 0 Å². The molecule has 0 radical (unpaired) electrons. The van der Waals surface area contributed by atoms with Crippen LogP contribution in [0.2, 0.25) is 0 Å². The van der Waals surface area contributed by atoms with Gasteiger partial charge in [-0.3, -0.25) is 14.6 Å². The number of carboxylic acid groups (broad SMARTS) is 1. The molecule has 6 aromatic rings. The van der Waals surface area contributed by atoms with E-state index in [0.717, 1.165) is 21.8 Å². The van der Waals surface area contributed by atoms with Gasteiger partial charge in [0, 0.05) is 23.0 Å². The van der Waals surface area contributed by atoms with E-state index in [-0.39, 0.29) is 43.9 Å². The van der Waals surface area contributed by atoms with Gasteiger partial charge in [-0.15, -0.1) is 20.2 Å². The Morgan fingerprint density at radius 3 is 2.09 bits per heavy atom. The second-order valence-corrected chi connectivity index (χ2v) is 12.1. The number of hydrogen-bond donors (Lipinski definition) is 2. The number of fused-ring (bicyclic) bond motifs is 3. The zero-order chi connectivity index (χ0) is 41.4. The van der Waals surface area contributed by atoms with E-state index in [1.54, 1.807) is 60.7 Å². The Kier molecular flexibility index (Phi) is 14.3. The van der Waals surface area contributed by atoms with Crippen molar-refractivity contribution in [3.8, 4) is 17.2 Å². The van der Waals surface area contributed by atoms with Gasteiger partial charge in [0.1, 0.15) is 19.8 Å². The van der Waals surface area contributed by atoms with Gasteiger partial charge in [0.25, 0.3) is 16.1 Å². The van der Waals surface area contributed by atoms with E-state index in [1.807, 2.05) is 30.3 Å². The summed E-state index contributed by atoms with van der Waals surface area (Å²) in [7, 11) is 1.52. The van der Waals surface area contributed by atoms with Crippen LogP contribution in [0, 0.1) is 20.2 Å². The molecule has 18 nitrogen and oxygen atoms in total. The van der Waals surface area contributed by atoms with Gasteiger partial charge < -0.3 is 34.1 Å². The Hall–Kier alpha value is -7.89. The number of methoxy groups -OCH3 is 1. The van der Waals surface area contributed by atoms with Gasteiger partial charge >= 0.3 is 11.9 Å². The fourth-order valence-electron chi connectivity index (χ4n) is 5.63. The van der Waals surface area contributed by atoms with Crippen molar-refractivity contribution in [1.82, 2.24) is 9.88 Å². The number of nitrogens with one attached hydrogen (secondary N) is 1. The van der Waals surface area contributed by atoms with Crippen molar-refractivity contribution >= 4 is 39.7 Å². The van der Waals surface area contributed by atoms with Crippen molar-refractivity contribution < 1.29 is 58.6 Å². The quantitative estimate of drug-likeness (QED) is 0.0532. The van der Waals surface area contributed by atoms with Crippen LogP contribution in [0.4, 0.5) is 0 Å². The molecule has 300 valence electrons. The van der Waals surface area contributed by atoms with Crippen molar-refractivity contribution in [3.63, 3.8) is 0 Å². The third-order valence-corrected chi connectivity index (χ3v) is 8.39. The first kappa shape index (κ1) is 41.3.